The number of methoxy groups -OCH3 is 2. The molecular weight excluding hydrogens is 358 g/mol. The standard InChI is InChI=1S/C21H27N3O4/c1-15(18-6-4-5-7-19(18)28-3)23-21(26)14-24(13-12-20(22)25)16-8-10-17(27-2)11-9-16/h4-11,15H,12-14H2,1-3H3,(H2,22,25)(H,23,26)/t15-/m1/s1. The van der Waals surface area contributed by atoms with Crippen LogP contribution < -0.4 is 25.4 Å². The van der Waals surface area contributed by atoms with Crippen LogP contribution in [0.4, 0.5) is 5.69 Å². The van der Waals surface area contributed by atoms with Gasteiger partial charge in [-0.15, -0.1) is 0 Å². The first-order valence-corrected chi connectivity index (χ1v) is 9.04. The molecule has 0 heterocycles. The highest BCUT2D eigenvalue weighted by atomic mass is 16.5. The maximum atomic E-state index is 12.6. The van der Waals surface area contributed by atoms with E-state index in [1.165, 1.54) is 0 Å². The number of rotatable bonds is 10. The second-order valence-electron chi connectivity index (χ2n) is 6.37. The van der Waals surface area contributed by atoms with Crippen molar-refractivity contribution in [1.82, 2.24) is 5.32 Å². The first-order chi connectivity index (χ1) is 13.4. The van der Waals surface area contributed by atoms with E-state index in [4.69, 9.17) is 15.2 Å². The Morgan fingerprint density at radius 2 is 1.75 bits per heavy atom. The lowest BCUT2D eigenvalue weighted by Crippen LogP contribution is -2.39. The molecule has 28 heavy (non-hydrogen) atoms. The molecule has 2 amide bonds. The topological polar surface area (TPSA) is 93.9 Å². The predicted molar refractivity (Wildman–Crippen MR) is 109 cm³/mol. The quantitative estimate of drug-likeness (QED) is 0.654. The molecule has 0 saturated heterocycles. The minimum Gasteiger partial charge on any atom is -0.497 e. The number of nitrogens with two attached hydrogens (primary N) is 1. The molecule has 2 aromatic carbocycles. The van der Waals surface area contributed by atoms with E-state index in [0.717, 1.165) is 17.0 Å². The Balaban J connectivity index is 2.09. The molecule has 0 fully saturated rings. The maximum Gasteiger partial charge on any atom is 0.239 e. The van der Waals surface area contributed by atoms with Crippen molar-refractivity contribution >= 4 is 17.5 Å². The van der Waals surface area contributed by atoms with Crippen molar-refractivity contribution in [2.24, 2.45) is 5.73 Å². The number of anilines is 1. The molecule has 0 aliphatic rings. The van der Waals surface area contributed by atoms with E-state index < -0.39 is 5.91 Å². The summed E-state index contributed by atoms with van der Waals surface area (Å²) < 4.78 is 10.5. The van der Waals surface area contributed by atoms with E-state index in [1.54, 1.807) is 14.2 Å². The van der Waals surface area contributed by atoms with Gasteiger partial charge in [0.25, 0.3) is 0 Å². The van der Waals surface area contributed by atoms with Gasteiger partial charge in [-0.05, 0) is 37.3 Å². The highest BCUT2D eigenvalue weighted by molar-refractivity contribution is 5.82. The lowest BCUT2D eigenvalue weighted by Gasteiger charge is -2.25. The molecule has 0 aliphatic carbocycles. The fourth-order valence-corrected chi connectivity index (χ4v) is 2.90. The summed E-state index contributed by atoms with van der Waals surface area (Å²) in [5, 5.41) is 2.98. The van der Waals surface area contributed by atoms with E-state index >= 15 is 0 Å². The number of hydrogen-bond donors (Lipinski definition) is 2. The Morgan fingerprint density at radius 3 is 2.36 bits per heavy atom. The lowest BCUT2D eigenvalue weighted by molar-refractivity contribution is -0.121. The van der Waals surface area contributed by atoms with Gasteiger partial charge in [0, 0.05) is 24.2 Å². The zero-order valence-electron chi connectivity index (χ0n) is 16.5. The van der Waals surface area contributed by atoms with Crippen LogP contribution in [0.15, 0.2) is 48.5 Å². The van der Waals surface area contributed by atoms with Crippen LogP contribution in [-0.2, 0) is 9.59 Å². The number of nitrogens with one attached hydrogen (secondary N) is 1. The van der Waals surface area contributed by atoms with Crippen molar-refractivity contribution in [2.75, 3.05) is 32.2 Å². The van der Waals surface area contributed by atoms with Crippen LogP contribution >= 0.6 is 0 Å². The fourth-order valence-electron chi connectivity index (χ4n) is 2.90. The van der Waals surface area contributed by atoms with E-state index in [1.807, 2.05) is 60.4 Å². The molecule has 1 atom stereocenters. The number of amides is 2. The maximum absolute atomic E-state index is 12.6. The Kier molecular flexibility index (Phi) is 7.68. The Labute approximate surface area is 165 Å². The van der Waals surface area contributed by atoms with E-state index in [2.05, 4.69) is 5.32 Å². The number of carbonyl (C=O) groups is 2. The van der Waals surface area contributed by atoms with Crippen LogP contribution in [0, 0.1) is 0 Å². The molecule has 0 unspecified atom stereocenters. The van der Waals surface area contributed by atoms with Gasteiger partial charge in [0.05, 0.1) is 26.8 Å². The molecule has 0 bridgehead atoms. The van der Waals surface area contributed by atoms with Crippen LogP contribution in [0.5, 0.6) is 11.5 Å². The summed E-state index contributed by atoms with van der Waals surface area (Å²) in [7, 11) is 3.19. The number of carbonyl (C=O) groups excluding carboxylic acids is 2. The number of primary amides is 1. The molecule has 0 spiro atoms. The third kappa shape index (κ3) is 5.90. The monoisotopic (exact) mass is 385 g/mol. The van der Waals surface area contributed by atoms with Crippen molar-refractivity contribution in [3.63, 3.8) is 0 Å². The summed E-state index contributed by atoms with van der Waals surface area (Å²) in [5.74, 6) is 0.851. The van der Waals surface area contributed by atoms with E-state index in [-0.39, 0.29) is 24.9 Å². The smallest absolute Gasteiger partial charge is 0.239 e. The van der Waals surface area contributed by atoms with Crippen molar-refractivity contribution in [3.05, 3.63) is 54.1 Å². The minimum atomic E-state index is -0.415. The second kappa shape index (κ2) is 10.2. The van der Waals surface area contributed by atoms with Gasteiger partial charge in [-0.1, -0.05) is 18.2 Å². The van der Waals surface area contributed by atoms with Gasteiger partial charge in [-0.25, -0.2) is 0 Å². The molecule has 0 aliphatic heterocycles. The highest BCUT2D eigenvalue weighted by Gasteiger charge is 2.17. The molecule has 7 heteroatoms. The van der Waals surface area contributed by atoms with Crippen LogP contribution in [-0.4, -0.2) is 39.1 Å². The van der Waals surface area contributed by atoms with Crippen molar-refractivity contribution in [3.8, 4) is 11.5 Å². The fraction of sp³-hybridized carbons (Fsp3) is 0.333. The van der Waals surface area contributed by atoms with Crippen molar-refractivity contribution < 1.29 is 19.1 Å². The van der Waals surface area contributed by atoms with Gasteiger partial charge in [0.1, 0.15) is 11.5 Å². The summed E-state index contributed by atoms with van der Waals surface area (Å²) in [6.45, 7) is 2.34. The van der Waals surface area contributed by atoms with Crippen molar-refractivity contribution in [2.45, 2.75) is 19.4 Å². The van der Waals surface area contributed by atoms with Gasteiger partial charge >= 0.3 is 0 Å². The van der Waals surface area contributed by atoms with Gasteiger partial charge in [0.2, 0.25) is 11.8 Å². The Bertz CT molecular complexity index is 792. The third-order valence-electron chi connectivity index (χ3n) is 4.38. The Hall–Kier alpha value is -3.22. The van der Waals surface area contributed by atoms with Gasteiger partial charge < -0.3 is 25.4 Å². The van der Waals surface area contributed by atoms with Crippen LogP contribution in [0.3, 0.4) is 0 Å². The largest absolute Gasteiger partial charge is 0.497 e. The molecule has 150 valence electrons. The number of benzene rings is 2. The van der Waals surface area contributed by atoms with Gasteiger partial charge in [0.15, 0.2) is 0 Å². The van der Waals surface area contributed by atoms with Crippen LogP contribution in [0.1, 0.15) is 24.9 Å². The number of nitrogens with zero attached hydrogens (tertiary/aromatic N) is 1. The molecule has 3 N–H and O–H groups in total. The summed E-state index contributed by atoms with van der Waals surface area (Å²) in [6, 6.07) is 14.6. The second-order valence-corrected chi connectivity index (χ2v) is 6.37. The molecular formula is C21H27N3O4. The van der Waals surface area contributed by atoms with Crippen LogP contribution in [0.2, 0.25) is 0 Å². The molecule has 7 nitrogen and oxygen atoms in total. The van der Waals surface area contributed by atoms with Gasteiger partial charge in [-0.3, -0.25) is 9.59 Å². The first kappa shape index (κ1) is 21.1. The minimum absolute atomic E-state index is 0.0963. The zero-order valence-corrected chi connectivity index (χ0v) is 16.5. The van der Waals surface area contributed by atoms with E-state index in [9.17, 15) is 9.59 Å². The third-order valence-corrected chi connectivity index (χ3v) is 4.38. The summed E-state index contributed by atoms with van der Waals surface area (Å²) in [6.07, 6.45) is 0.154. The lowest BCUT2D eigenvalue weighted by atomic mass is 10.1. The van der Waals surface area contributed by atoms with Crippen molar-refractivity contribution in [1.29, 1.82) is 0 Å². The molecule has 2 rings (SSSR count). The average Bonchev–Trinajstić information content (AvgIpc) is 2.70. The average molecular weight is 385 g/mol. The highest BCUT2D eigenvalue weighted by Crippen LogP contribution is 2.24. The number of para-hydroxylation sites is 1. The van der Waals surface area contributed by atoms with Crippen LogP contribution in [0.25, 0.3) is 0 Å². The number of ether oxygens (including phenoxy) is 2. The first-order valence-electron chi connectivity index (χ1n) is 9.04. The van der Waals surface area contributed by atoms with Gasteiger partial charge in [-0.2, -0.15) is 0 Å². The number of hydrogen-bond acceptors (Lipinski definition) is 5. The summed E-state index contributed by atoms with van der Waals surface area (Å²) in [4.78, 5) is 25.7. The molecule has 0 radical (unpaired) electrons. The molecule has 2 aromatic rings. The zero-order chi connectivity index (χ0) is 20.5. The summed E-state index contributed by atoms with van der Waals surface area (Å²) in [5.41, 5.74) is 6.99. The normalized spacial score (nSPS) is 11.4. The molecule has 0 aromatic heterocycles. The predicted octanol–water partition coefficient (Wildman–Crippen LogP) is 2.26. The summed E-state index contributed by atoms with van der Waals surface area (Å²) >= 11 is 0. The molecule has 0 saturated carbocycles. The van der Waals surface area contributed by atoms with E-state index in [0.29, 0.717) is 12.3 Å². The Morgan fingerprint density at radius 1 is 1.07 bits per heavy atom. The SMILES string of the molecule is COc1ccc(N(CCC(N)=O)CC(=O)N[C@H](C)c2ccccc2OC)cc1.